The summed E-state index contributed by atoms with van der Waals surface area (Å²) in [5.74, 6) is 0.117. The molecule has 0 bridgehead atoms. The summed E-state index contributed by atoms with van der Waals surface area (Å²) < 4.78 is 22.6. The second-order valence-electron chi connectivity index (χ2n) is 10.5. The molecule has 7 rings (SSSR count). The van der Waals surface area contributed by atoms with Crippen LogP contribution in [0.15, 0.2) is 48.5 Å². The van der Waals surface area contributed by atoms with Gasteiger partial charge < -0.3 is 39.4 Å². The first-order valence-corrected chi connectivity index (χ1v) is 13.4. The fourth-order valence-electron chi connectivity index (χ4n) is 5.80. The first-order valence-electron chi connectivity index (χ1n) is 13.4. The zero-order valence-corrected chi connectivity index (χ0v) is 23.7. The van der Waals surface area contributed by atoms with Crippen molar-refractivity contribution in [3.8, 4) is 46.0 Å². The Morgan fingerprint density at radius 2 is 1.16 bits per heavy atom. The number of aryl methyl sites for hydroxylation is 2. The molecule has 2 atom stereocenters. The maximum absolute atomic E-state index is 12.6. The fraction of sp³-hybridized carbons (Fsp3) is 0.212. The van der Waals surface area contributed by atoms with Gasteiger partial charge in [-0.15, -0.1) is 0 Å². The van der Waals surface area contributed by atoms with E-state index >= 15 is 0 Å². The molecule has 0 fully saturated rings. The highest BCUT2D eigenvalue weighted by molar-refractivity contribution is 6.32. The average Bonchev–Trinajstić information content (AvgIpc) is 3.37. The lowest BCUT2D eigenvalue weighted by Crippen LogP contribution is -2.23. The molecule has 0 saturated carbocycles. The number of ketones is 2. The molecule has 43 heavy (non-hydrogen) atoms. The van der Waals surface area contributed by atoms with Gasteiger partial charge in [-0.1, -0.05) is 6.07 Å². The van der Waals surface area contributed by atoms with E-state index in [1.165, 1.54) is 19.4 Å². The van der Waals surface area contributed by atoms with Crippen molar-refractivity contribution in [3.05, 3.63) is 93.0 Å². The third-order valence-corrected chi connectivity index (χ3v) is 8.03. The van der Waals surface area contributed by atoms with Crippen LogP contribution < -0.4 is 18.9 Å². The Hall–Kier alpha value is -5.38. The summed E-state index contributed by atoms with van der Waals surface area (Å²) in [6.07, 6.45) is 0.00163. The zero-order chi connectivity index (χ0) is 30.7. The minimum atomic E-state index is -0.825. The third kappa shape index (κ3) is 4.25. The molecule has 1 aliphatic carbocycles. The largest absolute Gasteiger partial charge is 0.507 e. The summed E-state index contributed by atoms with van der Waals surface area (Å²) in [5.41, 5.74) is 1.21. The van der Waals surface area contributed by atoms with Gasteiger partial charge in [0.25, 0.3) is 0 Å². The van der Waals surface area contributed by atoms with E-state index in [9.17, 15) is 30.0 Å². The smallest absolute Gasteiger partial charge is 0.202 e. The second kappa shape index (κ2) is 10.2. The molecular weight excluding hydrogens is 556 g/mol. The molecule has 2 unspecified atom stereocenters. The van der Waals surface area contributed by atoms with Crippen LogP contribution in [-0.2, 0) is 0 Å². The molecule has 10 nitrogen and oxygen atoms in total. The van der Waals surface area contributed by atoms with E-state index in [1.807, 2.05) is 30.3 Å². The molecule has 0 spiro atoms. The number of carbonyl (C=O) groups is 2. The fourth-order valence-corrected chi connectivity index (χ4v) is 5.80. The van der Waals surface area contributed by atoms with Gasteiger partial charge in [-0.2, -0.15) is 0 Å². The second-order valence-corrected chi connectivity index (χ2v) is 10.5. The lowest BCUT2D eigenvalue weighted by molar-refractivity contribution is 0.0969. The molecule has 220 valence electrons. The van der Waals surface area contributed by atoms with E-state index in [2.05, 4.69) is 6.07 Å². The molecule has 0 amide bonds. The molecule has 3 aliphatic rings. The number of rotatable bonds is 2. The van der Waals surface area contributed by atoms with Crippen LogP contribution in [0.25, 0.3) is 0 Å². The molecule has 10 heteroatoms. The maximum Gasteiger partial charge on any atom is 0.202 e. The number of benzene rings is 4. The van der Waals surface area contributed by atoms with Gasteiger partial charge in [0.15, 0.2) is 0 Å². The molecule has 4 N–H and O–H groups in total. The van der Waals surface area contributed by atoms with E-state index in [0.29, 0.717) is 6.61 Å². The first-order chi connectivity index (χ1) is 20.5. The predicted octanol–water partition coefficient (Wildman–Crippen LogP) is 5.21. The van der Waals surface area contributed by atoms with Crippen molar-refractivity contribution in [3.63, 3.8) is 0 Å². The molecule has 2 heterocycles. The first kappa shape index (κ1) is 27.8. The van der Waals surface area contributed by atoms with Gasteiger partial charge in [0, 0.05) is 23.3 Å². The van der Waals surface area contributed by atoms with Crippen molar-refractivity contribution in [2.24, 2.45) is 0 Å². The van der Waals surface area contributed by atoms with Crippen LogP contribution in [0, 0.1) is 13.8 Å². The summed E-state index contributed by atoms with van der Waals surface area (Å²) >= 11 is 0. The lowest BCUT2D eigenvalue weighted by atomic mass is 9.80. The van der Waals surface area contributed by atoms with Crippen molar-refractivity contribution >= 4 is 11.6 Å². The highest BCUT2D eigenvalue weighted by Crippen LogP contribution is 2.52. The SMILES string of the molecule is COc1ccc2c(c1)OC1c3ccc(OC)cc3OCC21.Cc1cc(O)c2c(c1O)C(=O)c1c(O)cc(C)c(O)c1C2=O. The average molecular weight is 585 g/mol. The van der Waals surface area contributed by atoms with Crippen molar-refractivity contribution < 1.29 is 49.0 Å². The van der Waals surface area contributed by atoms with Crippen molar-refractivity contribution in [2.45, 2.75) is 25.9 Å². The standard InChI is InChI=1S/C17H16O4.C16H12O6/c1-18-10-4-6-13-15(7-10)20-9-14-12-5-3-11(19-2)8-16(12)21-17(13)14;1-5-3-7(17)9-11(13(5)19)15(21)10-8(18)4-6(2)14(20)12(10)16(9)22/h3-8,14,17H,9H2,1-2H3;3-4,17-20H,1-2H3. The Bertz CT molecular complexity index is 1770. The summed E-state index contributed by atoms with van der Waals surface area (Å²) in [4.78, 5) is 25.1. The molecule has 0 saturated heterocycles. The number of carbonyl (C=O) groups excluding carboxylic acids is 2. The number of aromatic hydroxyl groups is 4. The minimum Gasteiger partial charge on any atom is -0.507 e. The van der Waals surface area contributed by atoms with Crippen LogP contribution in [0.4, 0.5) is 0 Å². The van der Waals surface area contributed by atoms with E-state index in [-0.39, 0.29) is 45.4 Å². The minimum absolute atomic E-state index is 0.00163. The molecule has 2 aliphatic heterocycles. The van der Waals surface area contributed by atoms with E-state index < -0.39 is 34.6 Å². The molecule has 4 aromatic carbocycles. The van der Waals surface area contributed by atoms with Gasteiger partial charge in [0.1, 0.15) is 52.1 Å². The quantitative estimate of drug-likeness (QED) is 0.203. The number of hydrogen-bond acceptors (Lipinski definition) is 10. The Morgan fingerprint density at radius 3 is 1.67 bits per heavy atom. The van der Waals surface area contributed by atoms with Gasteiger partial charge in [-0.3, -0.25) is 9.59 Å². The van der Waals surface area contributed by atoms with Gasteiger partial charge in [-0.25, -0.2) is 0 Å². The third-order valence-electron chi connectivity index (χ3n) is 8.03. The Labute approximate surface area is 246 Å². The predicted molar refractivity (Wildman–Crippen MR) is 153 cm³/mol. The Balaban J connectivity index is 0.000000153. The monoisotopic (exact) mass is 584 g/mol. The van der Waals surface area contributed by atoms with E-state index in [1.54, 1.807) is 14.2 Å². The highest BCUT2D eigenvalue weighted by Gasteiger charge is 2.41. The van der Waals surface area contributed by atoms with E-state index in [0.717, 1.165) is 40.7 Å². The van der Waals surface area contributed by atoms with Crippen molar-refractivity contribution in [2.75, 3.05) is 20.8 Å². The van der Waals surface area contributed by atoms with Crippen molar-refractivity contribution in [1.82, 2.24) is 0 Å². The Morgan fingerprint density at radius 1 is 0.674 bits per heavy atom. The number of phenols is 4. The highest BCUT2D eigenvalue weighted by atomic mass is 16.5. The number of ether oxygens (including phenoxy) is 4. The van der Waals surface area contributed by atoms with Crippen LogP contribution in [-0.4, -0.2) is 52.8 Å². The summed E-state index contributed by atoms with van der Waals surface area (Å²) in [6, 6.07) is 14.2. The molecule has 0 aromatic heterocycles. The maximum atomic E-state index is 12.6. The number of hydrogen-bond donors (Lipinski definition) is 4. The van der Waals surface area contributed by atoms with E-state index in [4.69, 9.17) is 18.9 Å². The number of fused-ring (bicyclic) bond motifs is 7. The lowest BCUT2D eigenvalue weighted by Gasteiger charge is -2.28. The Kier molecular flexibility index (Phi) is 6.56. The zero-order valence-electron chi connectivity index (χ0n) is 23.7. The molecule has 0 radical (unpaired) electrons. The van der Waals surface area contributed by atoms with Crippen LogP contribution in [0.3, 0.4) is 0 Å². The van der Waals surface area contributed by atoms with Gasteiger partial charge in [0.05, 0.1) is 49.0 Å². The normalized spacial score (nSPS) is 17.1. The summed E-state index contributed by atoms with van der Waals surface area (Å²) in [5, 5.41) is 40.1. The summed E-state index contributed by atoms with van der Waals surface area (Å²) in [7, 11) is 3.32. The van der Waals surface area contributed by atoms with Crippen molar-refractivity contribution in [1.29, 1.82) is 0 Å². The van der Waals surface area contributed by atoms with Crippen LogP contribution >= 0.6 is 0 Å². The number of methoxy groups -OCH3 is 2. The van der Waals surface area contributed by atoms with Gasteiger partial charge in [0.2, 0.25) is 11.6 Å². The summed E-state index contributed by atoms with van der Waals surface area (Å²) in [6.45, 7) is 3.55. The molecule has 4 aromatic rings. The molecular formula is C33H28O10. The van der Waals surface area contributed by atoms with Crippen LogP contribution in [0.1, 0.15) is 66.1 Å². The van der Waals surface area contributed by atoms with Gasteiger partial charge in [-0.05, 0) is 55.3 Å². The van der Waals surface area contributed by atoms with Crippen LogP contribution in [0.2, 0.25) is 0 Å². The van der Waals surface area contributed by atoms with Gasteiger partial charge >= 0.3 is 0 Å². The topological polar surface area (TPSA) is 152 Å². The number of phenolic OH excluding ortho intramolecular Hbond substituents is 4. The van der Waals surface area contributed by atoms with Crippen LogP contribution in [0.5, 0.6) is 46.0 Å².